The number of ether oxygens (including phenoxy) is 1. The minimum atomic E-state index is -0.460. The number of hydrogen-bond acceptors (Lipinski definition) is 3. The third-order valence-electron chi connectivity index (χ3n) is 6.76. The molecule has 0 spiro atoms. The van der Waals surface area contributed by atoms with E-state index in [1.807, 2.05) is 24.3 Å². The summed E-state index contributed by atoms with van der Waals surface area (Å²) in [6.07, 6.45) is 10.9. The predicted octanol–water partition coefficient (Wildman–Crippen LogP) is 4.16. The normalized spacial score (nSPS) is 25.2. The number of benzene rings is 1. The van der Waals surface area contributed by atoms with Crippen LogP contribution < -0.4 is 10.5 Å². The van der Waals surface area contributed by atoms with Crippen LogP contribution in [0.2, 0.25) is 0 Å². The van der Waals surface area contributed by atoms with Gasteiger partial charge in [0.05, 0.1) is 13.2 Å². The highest BCUT2D eigenvalue weighted by atomic mass is 16.5. The smallest absolute Gasteiger partial charge is 0.240 e. The molecule has 2 N–H and O–H groups in total. The molecule has 1 aliphatic carbocycles. The van der Waals surface area contributed by atoms with Gasteiger partial charge in [0.1, 0.15) is 5.75 Å². The zero-order valence-corrected chi connectivity index (χ0v) is 17.0. The van der Waals surface area contributed by atoms with Crippen LogP contribution in [-0.4, -0.2) is 36.5 Å². The lowest BCUT2D eigenvalue weighted by atomic mass is 9.73. The van der Waals surface area contributed by atoms with E-state index in [-0.39, 0.29) is 5.91 Å². The Balaban J connectivity index is 1.57. The number of carbonyl (C=O) groups is 1. The van der Waals surface area contributed by atoms with Crippen molar-refractivity contribution < 1.29 is 9.53 Å². The summed E-state index contributed by atoms with van der Waals surface area (Å²) in [5.41, 5.74) is 7.41. The van der Waals surface area contributed by atoms with Crippen LogP contribution in [0.15, 0.2) is 24.3 Å². The minimum absolute atomic E-state index is 0.125. The van der Waals surface area contributed by atoms with Gasteiger partial charge in [0.2, 0.25) is 5.91 Å². The highest BCUT2D eigenvalue weighted by molar-refractivity contribution is 5.82. The van der Waals surface area contributed by atoms with Crippen molar-refractivity contribution in [3.63, 3.8) is 0 Å². The highest BCUT2D eigenvalue weighted by Gasteiger charge is 2.36. The number of piperidine rings is 1. The van der Waals surface area contributed by atoms with Crippen LogP contribution in [0.5, 0.6) is 5.75 Å². The number of carbonyl (C=O) groups excluding carboxylic acids is 1. The lowest BCUT2D eigenvalue weighted by molar-refractivity contribution is -0.137. The Kier molecular flexibility index (Phi) is 7.17. The van der Waals surface area contributed by atoms with Crippen molar-refractivity contribution in [1.29, 1.82) is 0 Å². The summed E-state index contributed by atoms with van der Waals surface area (Å²) in [5, 5.41) is 0. The molecule has 3 rings (SSSR count). The van der Waals surface area contributed by atoms with Crippen molar-refractivity contribution >= 4 is 5.91 Å². The second kappa shape index (κ2) is 9.59. The number of methoxy groups -OCH3 is 1. The second-order valence-corrected chi connectivity index (χ2v) is 8.43. The average molecular weight is 373 g/mol. The Hall–Kier alpha value is -1.55. The Bertz CT molecular complexity index is 595. The minimum Gasteiger partial charge on any atom is -0.497 e. The summed E-state index contributed by atoms with van der Waals surface area (Å²) in [5.74, 6) is 2.64. The van der Waals surface area contributed by atoms with E-state index in [9.17, 15) is 4.79 Å². The van der Waals surface area contributed by atoms with E-state index >= 15 is 0 Å². The predicted molar refractivity (Wildman–Crippen MR) is 110 cm³/mol. The van der Waals surface area contributed by atoms with Gasteiger partial charge in [-0.3, -0.25) is 4.79 Å². The van der Waals surface area contributed by atoms with Gasteiger partial charge in [-0.25, -0.2) is 0 Å². The molecule has 2 aliphatic rings. The van der Waals surface area contributed by atoms with Crippen molar-refractivity contribution in [1.82, 2.24) is 4.90 Å². The Labute approximate surface area is 164 Å². The third-order valence-corrected chi connectivity index (χ3v) is 6.76. The van der Waals surface area contributed by atoms with Gasteiger partial charge in [-0.15, -0.1) is 0 Å². The van der Waals surface area contributed by atoms with Crippen molar-refractivity contribution in [2.24, 2.45) is 17.6 Å². The van der Waals surface area contributed by atoms with Gasteiger partial charge in [-0.05, 0) is 55.2 Å². The van der Waals surface area contributed by atoms with E-state index in [2.05, 4.69) is 11.8 Å². The fourth-order valence-electron chi connectivity index (χ4n) is 5.11. The summed E-state index contributed by atoms with van der Waals surface area (Å²) in [7, 11) is 1.66. The summed E-state index contributed by atoms with van der Waals surface area (Å²) >= 11 is 0. The molecule has 2 unspecified atom stereocenters. The molecule has 0 radical (unpaired) electrons. The first-order valence-corrected chi connectivity index (χ1v) is 10.8. The Morgan fingerprint density at radius 1 is 1.15 bits per heavy atom. The lowest BCUT2D eigenvalue weighted by Gasteiger charge is -2.43. The van der Waals surface area contributed by atoms with Gasteiger partial charge < -0.3 is 15.4 Å². The molecule has 4 heteroatoms. The molecule has 4 nitrogen and oxygen atoms in total. The fourth-order valence-corrected chi connectivity index (χ4v) is 5.11. The SMILES string of the molecule is CCC1CC(C2CCCCC2)CCN1C(=O)[C@H](N)Cc1ccc(OC)cc1. The quantitative estimate of drug-likeness (QED) is 0.816. The average Bonchev–Trinajstić information content (AvgIpc) is 2.73. The summed E-state index contributed by atoms with van der Waals surface area (Å²) in [6, 6.07) is 7.75. The largest absolute Gasteiger partial charge is 0.497 e. The summed E-state index contributed by atoms with van der Waals surface area (Å²) in [6.45, 7) is 3.10. The van der Waals surface area contributed by atoms with Gasteiger partial charge in [0.25, 0.3) is 0 Å². The lowest BCUT2D eigenvalue weighted by Crippen LogP contribution is -2.53. The zero-order valence-electron chi connectivity index (χ0n) is 17.0. The Morgan fingerprint density at radius 3 is 2.48 bits per heavy atom. The summed E-state index contributed by atoms with van der Waals surface area (Å²) in [4.78, 5) is 15.1. The topological polar surface area (TPSA) is 55.6 Å². The molecule has 1 aromatic rings. The third kappa shape index (κ3) is 5.04. The maximum atomic E-state index is 13.1. The van der Waals surface area contributed by atoms with Gasteiger partial charge in [-0.2, -0.15) is 0 Å². The number of nitrogens with zero attached hydrogens (tertiary/aromatic N) is 1. The van der Waals surface area contributed by atoms with E-state index in [1.165, 1.54) is 38.5 Å². The highest BCUT2D eigenvalue weighted by Crippen LogP contribution is 2.38. The van der Waals surface area contributed by atoms with E-state index in [0.717, 1.165) is 42.5 Å². The van der Waals surface area contributed by atoms with Crippen LogP contribution in [0.4, 0.5) is 0 Å². The molecule has 1 saturated heterocycles. The van der Waals surface area contributed by atoms with Gasteiger partial charge in [0.15, 0.2) is 0 Å². The second-order valence-electron chi connectivity index (χ2n) is 8.43. The number of nitrogens with two attached hydrogens (primary N) is 1. The van der Waals surface area contributed by atoms with Gasteiger partial charge >= 0.3 is 0 Å². The molecule has 1 saturated carbocycles. The maximum Gasteiger partial charge on any atom is 0.240 e. The molecule has 1 heterocycles. The maximum absolute atomic E-state index is 13.1. The van der Waals surface area contributed by atoms with Crippen molar-refractivity contribution in [3.8, 4) is 5.75 Å². The molecule has 27 heavy (non-hydrogen) atoms. The molecule has 2 fully saturated rings. The van der Waals surface area contributed by atoms with Gasteiger partial charge in [-0.1, -0.05) is 51.2 Å². The molecular weight excluding hydrogens is 336 g/mol. The first kappa shape index (κ1) is 20.2. The van der Waals surface area contributed by atoms with Crippen LogP contribution in [0.1, 0.15) is 63.9 Å². The van der Waals surface area contributed by atoms with Crippen molar-refractivity contribution in [3.05, 3.63) is 29.8 Å². The molecule has 1 amide bonds. The molecule has 1 aromatic carbocycles. The van der Waals surface area contributed by atoms with E-state index < -0.39 is 6.04 Å². The summed E-state index contributed by atoms with van der Waals surface area (Å²) < 4.78 is 5.20. The van der Waals surface area contributed by atoms with Crippen LogP contribution in [0.3, 0.4) is 0 Å². The first-order valence-electron chi connectivity index (χ1n) is 10.8. The molecular formula is C23H36N2O2. The number of amides is 1. The standard InChI is InChI=1S/C23H36N2O2/c1-3-20-16-19(18-7-5-4-6-8-18)13-14-25(20)23(26)22(24)15-17-9-11-21(27-2)12-10-17/h9-12,18-20,22H,3-8,13-16,24H2,1-2H3/t19?,20?,22-/m1/s1. The Morgan fingerprint density at radius 2 is 1.85 bits per heavy atom. The molecule has 0 bridgehead atoms. The molecule has 1 aliphatic heterocycles. The molecule has 150 valence electrons. The molecule has 0 aromatic heterocycles. The van der Waals surface area contributed by atoms with Crippen LogP contribution in [0, 0.1) is 11.8 Å². The van der Waals surface area contributed by atoms with E-state index in [1.54, 1.807) is 7.11 Å². The zero-order chi connectivity index (χ0) is 19.2. The van der Waals surface area contributed by atoms with Crippen molar-refractivity contribution in [2.45, 2.75) is 76.8 Å². The molecule has 3 atom stereocenters. The van der Waals surface area contributed by atoms with E-state index in [0.29, 0.717) is 12.5 Å². The van der Waals surface area contributed by atoms with Gasteiger partial charge in [0, 0.05) is 12.6 Å². The monoisotopic (exact) mass is 372 g/mol. The number of rotatable bonds is 6. The fraction of sp³-hybridized carbons (Fsp3) is 0.696. The van der Waals surface area contributed by atoms with Crippen LogP contribution in [0.25, 0.3) is 0 Å². The first-order chi connectivity index (χ1) is 13.1. The van der Waals surface area contributed by atoms with E-state index in [4.69, 9.17) is 10.5 Å². The van der Waals surface area contributed by atoms with Crippen LogP contribution in [-0.2, 0) is 11.2 Å². The number of likely N-dealkylation sites (tertiary alicyclic amines) is 1. The van der Waals surface area contributed by atoms with Crippen LogP contribution >= 0.6 is 0 Å². The number of hydrogen-bond donors (Lipinski definition) is 1. The van der Waals surface area contributed by atoms with Crippen molar-refractivity contribution in [2.75, 3.05) is 13.7 Å².